The molecule has 0 aromatic heterocycles. The summed E-state index contributed by atoms with van der Waals surface area (Å²) in [7, 11) is -0.446. The SMILES string of the molecule is CCCC(=O)Nc1cc(Cl)c(Br)cc1CBr.CCCC(=O)Nc1cc(Cl)c(Br)cc1CP(Br)(c1ccccc1)(c1ccccc1)c1ccccc1.c1ccc(P(c2ccccc2)c2ccccc2)cc1. The van der Waals surface area contributed by atoms with E-state index in [0.29, 0.717) is 34.4 Å². The first-order valence-corrected chi connectivity index (χ1v) is 32.1. The zero-order chi connectivity index (χ0) is 50.0. The first kappa shape index (κ1) is 55.4. The zero-order valence-corrected chi connectivity index (χ0v) is 48.5. The molecule has 0 heterocycles. The summed E-state index contributed by atoms with van der Waals surface area (Å²) in [5, 5.41) is 12.4. The molecule has 0 saturated carbocycles. The van der Waals surface area contributed by atoms with Crippen LogP contribution in [-0.4, -0.2) is 11.8 Å². The van der Waals surface area contributed by atoms with Crippen LogP contribution in [0.1, 0.15) is 50.7 Å². The predicted molar refractivity (Wildman–Crippen MR) is 321 cm³/mol. The molecule has 0 atom stereocenters. The Hall–Kier alpha value is -3.94. The smallest absolute Gasteiger partial charge is 0.0134 e. The molecule has 2 N–H and O–H groups in total. The minimum absolute atomic E-state index is 0.0128. The van der Waals surface area contributed by atoms with Crippen molar-refractivity contribution >= 4 is 155 Å². The van der Waals surface area contributed by atoms with Crippen molar-refractivity contribution in [3.8, 4) is 0 Å². The molecule has 8 aromatic rings. The number of hydrogen-bond acceptors (Lipinski definition) is 2. The Morgan fingerprint density at radius 2 is 0.786 bits per heavy atom. The van der Waals surface area contributed by atoms with E-state index in [2.05, 4.69) is 238 Å². The number of rotatable bonds is 15. The van der Waals surface area contributed by atoms with E-state index in [0.717, 1.165) is 44.3 Å². The van der Waals surface area contributed by atoms with E-state index in [4.69, 9.17) is 23.2 Å². The van der Waals surface area contributed by atoms with Crippen LogP contribution in [0, 0.1) is 0 Å². The number of nitrogens with one attached hydrogen (secondary N) is 2. The maximum atomic E-state index is 12.6. The van der Waals surface area contributed by atoms with Gasteiger partial charge in [-0.1, -0.05) is 125 Å². The third-order valence-electron chi connectivity index (χ3n) is 11.3. The number of amides is 2. The van der Waals surface area contributed by atoms with E-state index in [1.807, 2.05) is 50.2 Å². The maximum absolute atomic E-state index is 12.6. The van der Waals surface area contributed by atoms with Crippen molar-refractivity contribution in [1.82, 2.24) is 0 Å². The average molecular weight is 1260 g/mol. The van der Waals surface area contributed by atoms with E-state index >= 15 is 0 Å². The van der Waals surface area contributed by atoms with Crippen LogP contribution in [0.25, 0.3) is 0 Å². The molecular weight excluding hydrogens is 1210 g/mol. The number of alkyl halides is 1. The Morgan fingerprint density at radius 3 is 1.10 bits per heavy atom. The fourth-order valence-electron chi connectivity index (χ4n) is 7.97. The Balaban J connectivity index is 0.000000192. The van der Waals surface area contributed by atoms with Gasteiger partial charge in [0.05, 0.1) is 5.02 Å². The molecule has 0 radical (unpaired) electrons. The molecule has 4 nitrogen and oxygen atoms in total. The van der Waals surface area contributed by atoms with Crippen LogP contribution >= 0.6 is 99.7 Å². The molecular formula is C58H54Br4Cl2N2O2P2. The fraction of sp³-hybridized carbons (Fsp3) is 0.138. The number of carbonyl (C=O) groups is 2. The van der Waals surface area contributed by atoms with Crippen molar-refractivity contribution in [2.24, 2.45) is 0 Å². The van der Waals surface area contributed by atoms with Crippen molar-refractivity contribution in [3.63, 3.8) is 0 Å². The first-order chi connectivity index (χ1) is 33.9. The van der Waals surface area contributed by atoms with Gasteiger partial charge in [-0.05, 0) is 63.9 Å². The van der Waals surface area contributed by atoms with Gasteiger partial charge in [0.15, 0.2) is 0 Å². The molecule has 0 saturated heterocycles. The van der Waals surface area contributed by atoms with Crippen molar-refractivity contribution < 1.29 is 9.59 Å². The van der Waals surface area contributed by atoms with Crippen LogP contribution < -0.4 is 42.5 Å². The minimum atomic E-state index is -3.23. The maximum Gasteiger partial charge on any atom is -0.0134 e. The monoisotopic (exact) mass is 1260 g/mol. The van der Waals surface area contributed by atoms with Gasteiger partial charge in [0.1, 0.15) is 0 Å². The second-order valence-electron chi connectivity index (χ2n) is 16.3. The summed E-state index contributed by atoms with van der Waals surface area (Å²) in [6.45, 7) is 3.97. The molecule has 12 heteroatoms. The molecule has 0 aliphatic heterocycles. The van der Waals surface area contributed by atoms with Crippen LogP contribution in [0.15, 0.2) is 215 Å². The summed E-state index contributed by atoms with van der Waals surface area (Å²) in [5.41, 5.74) is 3.52. The van der Waals surface area contributed by atoms with Crippen molar-refractivity contribution in [1.29, 1.82) is 0 Å². The Labute approximate surface area is 458 Å². The van der Waals surface area contributed by atoms with Crippen molar-refractivity contribution in [3.05, 3.63) is 236 Å². The normalized spacial score (nSPS) is 11.5. The molecule has 360 valence electrons. The molecule has 0 fully saturated rings. The van der Waals surface area contributed by atoms with Gasteiger partial charge in [-0.25, -0.2) is 0 Å². The Bertz CT molecular complexity index is 2730. The van der Waals surface area contributed by atoms with Gasteiger partial charge in [-0.2, -0.15) is 0 Å². The van der Waals surface area contributed by atoms with Gasteiger partial charge in [-0.15, -0.1) is 0 Å². The Morgan fingerprint density at radius 1 is 0.486 bits per heavy atom. The first-order valence-electron chi connectivity index (χ1n) is 22.9. The largest absolute Gasteiger partial charge is 0.0622 e. The fourth-order valence-corrected chi connectivity index (χ4v) is 19.5. The standard InChI is InChI=1S/C29H27Br2ClNOP.C18H15P.C11H12Br2ClNO/c1-2-12-29(34)33-28-20-27(32)26(30)19-22(28)21-35(31,23-13-6-3-7-14-23,24-15-8-4-9-16-24)25-17-10-5-11-18-25;1-4-10-16(11-5-1)19(17-12-6-2-7-13-17)18-14-8-3-9-15-18;1-2-3-11(16)15-10-5-9(14)8(13)4-7(10)6-12/h3-11,13-20H,2,12,21H2,1H3,(H,33,34);1-15H;4-5H,2-3,6H2,1H3,(H,15,16). The van der Waals surface area contributed by atoms with E-state index in [1.54, 1.807) is 6.07 Å². The van der Waals surface area contributed by atoms with E-state index in [1.165, 1.54) is 31.8 Å². The number of benzene rings is 8. The van der Waals surface area contributed by atoms with Crippen molar-refractivity contribution in [2.45, 2.75) is 51.0 Å². The molecule has 0 aliphatic carbocycles. The molecule has 0 bridgehead atoms. The topological polar surface area (TPSA) is 58.2 Å². The molecule has 0 aliphatic rings. The third kappa shape index (κ3) is 14.2. The van der Waals surface area contributed by atoms with Crippen LogP contribution in [0.5, 0.6) is 0 Å². The van der Waals surface area contributed by atoms with Gasteiger partial charge in [-0.3, -0.25) is 4.79 Å². The zero-order valence-electron chi connectivity index (χ0n) is 38.9. The summed E-state index contributed by atoms with van der Waals surface area (Å²) in [4.78, 5) is 24.1. The van der Waals surface area contributed by atoms with Gasteiger partial charge in [0.2, 0.25) is 5.91 Å². The second-order valence-corrected chi connectivity index (χ2v) is 30.5. The third-order valence-corrected chi connectivity index (χ3v) is 26.3. The van der Waals surface area contributed by atoms with E-state index in [-0.39, 0.29) is 11.8 Å². The predicted octanol–water partition coefficient (Wildman–Crippen LogP) is 16.4. The number of anilines is 2. The van der Waals surface area contributed by atoms with Crippen molar-refractivity contribution in [2.75, 3.05) is 10.6 Å². The second kappa shape index (κ2) is 27.2. The molecule has 8 aromatic carbocycles. The van der Waals surface area contributed by atoms with Gasteiger partial charge < -0.3 is 5.32 Å². The summed E-state index contributed by atoms with van der Waals surface area (Å²) in [6.07, 6.45) is 3.25. The molecule has 0 unspecified atom stereocenters. The quantitative estimate of drug-likeness (QED) is 0.0794. The molecule has 2 amide bonds. The van der Waals surface area contributed by atoms with Gasteiger partial charge in [0, 0.05) is 21.9 Å². The molecule has 8 rings (SSSR count). The number of hydrogen-bond donors (Lipinski definition) is 2. The summed E-state index contributed by atoms with van der Waals surface area (Å²) in [5.74, 6) is 0.00394. The van der Waals surface area contributed by atoms with Crippen LogP contribution in [-0.2, 0) is 21.1 Å². The number of carbonyl (C=O) groups excluding carboxylic acids is 2. The van der Waals surface area contributed by atoms with Gasteiger partial charge in [0.25, 0.3) is 0 Å². The summed E-state index contributed by atoms with van der Waals surface area (Å²) in [6, 6.07) is 71.8. The van der Waals surface area contributed by atoms with E-state index < -0.39 is 13.2 Å². The van der Waals surface area contributed by atoms with Gasteiger partial charge >= 0.3 is 230 Å². The molecule has 0 spiro atoms. The van der Waals surface area contributed by atoms with Crippen LogP contribution in [0.3, 0.4) is 0 Å². The summed E-state index contributed by atoms with van der Waals surface area (Å²) < 4.78 is 1.63. The minimum Gasteiger partial charge on any atom is -0.0622 e. The average Bonchev–Trinajstić information content (AvgIpc) is 3.39. The van der Waals surface area contributed by atoms with Crippen LogP contribution in [0.2, 0.25) is 10.0 Å². The summed E-state index contributed by atoms with van der Waals surface area (Å²) >= 11 is 27.4. The Kier molecular flexibility index (Phi) is 21.5. The molecule has 70 heavy (non-hydrogen) atoms. The van der Waals surface area contributed by atoms with E-state index in [9.17, 15) is 9.59 Å². The van der Waals surface area contributed by atoms with Crippen LogP contribution in [0.4, 0.5) is 11.4 Å². The number of halogens is 6.